The van der Waals surface area contributed by atoms with Gasteiger partial charge >= 0.3 is 5.97 Å². The molecule has 7 nitrogen and oxygen atoms in total. The Bertz CT molecular complexity index is 1140. The highest BCUT2D eigenvalue weighted by Crippen LogP contribution is 2.14. The number of rotatable bonds is 7. The molecule has 0 aliphatic heterocycles. The maximum absolute atomic E-state index is 12.8. The quantitative estimate of drug-likeness (QED) is 0.465. The molecule has 0 spiro atoms. The normalized spacial score (nSPS) is 11.7. The third kappa shape index (κ3) is 4.70. The number of fused-ring (bicyclic) bond motifs is 1. The number of nitrogens with zero attached hydrogens (tertiary/aromatic N) is 2. The van der Waals surface area contributed by atoms with Gasteiger partial charge in [-0.3, -0.25) is 9.78 Å². The summed E-state index contributed by atoms with van der Waals surface area (Å²) in [7, 11) is 0. The Labute approximate surface area is 173 Å². The molecule has 4 rings (SSSR count). The number of esters is 1. The lowest BCUT2D eigenvalue weighted by molar-refractivity contribution is -0.147. The Balaban J connectivity index is 1.49. The average molecular weight is 400 g/mol. The van der Waals surface area contributed by atoms with Crippen molar-refractivity contribution < 1.29 is 14.3 Å². The third-order valence-electron chi connectivity index (χ3n) is 4.66. The van der Waals surface area contributed by atoms with E-state index in [0.29, 0.717) is 5.69 Å². The van der Waals surface area contributed by atoms with Crippen LogP contribution in [0.25, 0.3) is 10.8 Å². The molecule has 7 heteroatoms. The van der Waals surface area contributed by atoms with Crippen molar-refractivity contribution in [1.82, 2.24) is 20.3 Å². The van der Waals surface area contributed by atoms with Gasteiger partial charge in [-0.1, -0.05) is 54.6 Å². The zero-order valence-corrected chi connectivity index (χ0v) is 16.1. The number of aromatic amines is 1. The summed E-state index contributed by atoms with van der Waals surface area (Å²) >= 11 is 0. The first-order valence-electron chi connectivity index (χ1n) is 9.52. The summed E-state index contributed by atoms with van der Waals surface area (Å²) in [6, 6.07) is 17.8. The van der Waals surface area contributed by atoms with Crippen LogP contribution in [0.2, 0.25) is 0 Å². The van der Waals surface area contributed by atoms with Crippen LogP contribution in [-0.2, 0) is 22.6 Å². The van der Waals surface area contributed by atoms with Crippen molar-refractivity contribution >= 4 is 22.6 Å². The summed E-state index contributed by atoms with van der Waals surface area (Å²) in [5.74, 6) is -0.968. The molecule has 0 radical (unpaired) electrons. The molecule has 0 saturated carbocycles. The number of H-pyrrole nitrogens is 1. The average Bonchev–Trinajstić information content (AvgIpc) is 3.30. The van der Waals surface area contributed by atoms with E-state index in [0.717, 1.165) is 16.3 Å². The van der Waals surface area contributed by atoms with E-state index in [9.17, 15) is 9.59 Å². The van der Waals surface area contributed by atoms with Crippen molar-refractivity contribution in [3.63, 3.8) is 0 Å². The fourth-order valence-corrected chi connectivity index (χ4v) is 3.08. The van der Waals surface area contributed by atoms with Gasteiger partial charge in [0.25, 0.3) is 5.91 Å². The van der Waals surface area contributed by atoms with E-state index in [1.165, 1.54) is 6.33 Å². The Hall–Kier alpha value is -4.00. The van der Waals surface area contributed by atoms with E-state index in [4.69, 9.17) is 4.74 Å². The molecule has 1 amide bonds. The lowest BCUT2D eigenvalue weighted by Gasteiger charge is -2.17. The van der Waals surface area contributed by atoms with Gasteiger partial charge in [0.2, 0.25) is 0 Å². The topological polar surface area (TPSA) is 97.0 Å². The van der Waals surface area contributed by atoms with Gasteiger partial charge < -0.3 is 15.0 Å². The minimum atomic E-state index is -0.880. The maximum Gasteiger partial charge on any atom is 0.329 e. The number of nitrogens with one attached hydrogen (secondary N) is 2. The van der Waals surface area contributed by atoms with E-state index in [1.807, 2.05) is 54.6 Å². The fourth-order valence-electron chi connectivity index (χ4n) is 3.08. The van der Waals surface area contributed by atoms with Crippen LogP contribution in [0.15, 0.2) is 79.4 Å². The number of amides is 1. The lowest BCUT2D eigenvalue weighted by atomic mass is 10.1. The summed E-state index contributed by atoms with van der Waals surface area (Å²) in [5.41, 5.74) is 1.82. The van der Waals surface area contributed by atoms with Crippen molar-refractivity contribution in [2.45, 2.75) is 19.1 Å². The fraction of sp³-hybridized carbons (Fsp3) is 0.130. The molecular formula is C23H20N4O3. The second-order valence-corrected chi connectivity index (χ2v) is 6.82. The second-order valence-electron chi connectivity index (χ2n) is 6.82. The van der Waals surface area contributed by atoms with E-state index >= 15 is 0 Å². The van der Waals surface area contributed by atoms with Gasteiger partial charge in [0.05, 0.1) is 6.33 Å². The minimum absolute atomic E-state index is 0.128. The van der Waals surface area contributed by atoms with Crippen LogP contribution in [0.1, 0.15) is 21.7 Å². The second kappa shape index (κ2) is 9.00. The highest BCUT2D eigenvalue weighted by Gasteiger charge is 2.24. The van der Waals surface area contributed by atoms with Crippen molar-refractivity contribution in [3.05, 3.63) is 96.3 Å². The van der Waals surface area contributed by atoms with Gasteiger partial charge in [-0.25, -0.2) is 9.78 Å². The number of aromatic nitrogens is 3. The van der Waals surface area contributed by atoms with Crippen molar-refractivity contribution in [2.75, 3.05) is 0 Å². The van der Waals surface area contributed by atoms with Crippen LogP contribution in [0.4, 0.5) is 0 Å². The summed E-state index contributed by atoms with van der Waals surface area (Å²) in [4.78, 5) is 36.7. The SMILES string of the molecule is O=C(N[C@@H](Cc1cnc[nH]1)C(=O)OCc1ccccc1)c1cc2ccccc2cn1. The molecular weight excluding hydrogens is 380 g/mol. The smallest absolute Gasteiger partial charge is 0.329 e. The number of carbonyl (C=O) groups excluding carboxylic acids is 2. The molecule has 0 aliphatic carbocycles. The molecule has 0 aliphatic rings. The standard InChI is InChI=1S/C23H20N4O3/c28-22(20-10-17-8-4-5-9-18(17)12-25-20)27-21(11-19-13-24-15-26-19)23(29)30-14-16-6-2-1-3-7-16/h1-10,12-13,15,21H,11,14H2,(H,24,26)(H,27,28)/t21-/m0/s1. The zero-order chi connectivity index (χ0) is 20.8. The van der Waals surface area contributed by atoms with Crippen LogP contribution in [0.3, 0.4) is 0 Å². The highest BCUT2D eigenvalue weighted by molar-refractivity contribution is 5.98. The third-order valence-corrected chi connectivity index (χ3v) is 4.66. The number of benzene rings is 2. The summed E-state index contributed by atoms with van der Waals surface area (Å²) in [6.45, 7) is 0.128. The van der Waals surface area contributed by atoms with Crippen LogP contribution in [-0.4, -0.2) is 32.9 Å². The molecule has 30 heavy (non-hydrogen) atoms. The van der Waals surface area contributed by atoms with Crippen molar-refractivity contribution in [1.29, 1.82) is 0 Å². The van der Waals surface area contributed by atoms with E-state index < -0.39 is 17.9 Å². The molecule has 2 aromatic heterocycles. The number of pyridine rings is 1. The van der Waals surface area contributed by atoms with Gasteiger partial charge in [-0.05, 0) is 17.0 Å². The van der Waals surface area contributed by atoms with Gasteiger partial charge in [-0.2, -0.15) is 0 Å². The molecule has 2 aromatic carbocycles. The Morgan fingerprint density at radius 1 is 1.00 bits per heavy atom. The molecule has 4 aromatic rings. The van der Waals surface area contributed by atoms with Crippen LogP contribution in [0, 0.1) is 0 Å². The molecule has 2 heterocycles. The molecule has 0 bridgehead atoms. The zero-order valence-electron chi connectivity index (χ0n) is 16.1. The number of hydrogen-bond donors (Lipinski definition) is 2. The molecule has 0 unspecified atom stereocenters. The Morgan fingerprint density at radius 2 is 1.77 bits per heavy atom. The van der Waals surface area contributed by atoms with E-state index in [2.05, 4.69) is 20.3 Å². The van der Waals surface area contributed by atoms with Gasteiger partial charge in [0.15, 0.2) is 0 Å². The summed E-state index contributed by atoms with van der Waals surface area (Å²) < 4.78 is 5.44. The number of ether oxygens (including phenoxy) is 1. The monoisotopic (exact) mass is 400 g/mol. The van der Waals surface area contributed by atoms with Gasteiger partial charge in [0.1, 0.15) is 18.3 Å². The summed E-state index contributed by atoms with van der Waals surface area (Å²) in [5, 5.41) is 4.58. The number of imidazole rings is 1. The lowest BCUT2D eigenvalue weighted by Crippen LogP contribution is -2.43. The molecule has 1 atom stereocenters. The molecule has 2 N–H and O–H groups in total. The predicted octanol–water partition coefficient (Wildman–Crippen LogP) is 3.04. The Morgan fingerprint density at radius 3 is 2.53 bits per heavy atom. The first kappa shape index (κ1) is 19.3. The van der Waals surface area contributed by atoms with Crippen molar-refractivity contribution in [3.8, 4) is 0 Å². The highest BCUT2D eigenvalue weighted by atomic mass is 16.5. The molecule has 0 saturated heterocycles. The first-order valence-corrected chi connectivity index (χ1v) is 9.52. The minimum Gasteiger partial charge on any atom is -0.459 e. The van der Waals surface area contributed by atoms with Gasteiger partial charge in [0, 0.05) is 29.9 Å². The largest absolute Gasteiger partial charge is 0.459 e. The predicted molar refractivity (Wildman–Crippen MR) is 112 cm³/mol. The van der Waals surface area contributed by atoms with Crippen molar-refractivity contribution in [2.24, 2.45) is 0 Å². The van der Waals surface area contributed by atoms with Crippen LogP contribution < -0.4 is 5.32 Å². The Kier molecular flexibility index (Phi) is 5.80. The number of hydrogen-bond acceptors (Lipinski definition) is 5. The molecule has 0 fully saturated rings. The van der Waals surface area contributed by atoms with Gasteiger partial charge in [-0.15, -0.1) is 0 Å². The maximum atomic E-state index is 12.8. The van der Waals surface area contributed by atoms with Crippen LogP contribution >= 0.6 is 0 Å². The summed E-state index contributed by atoms with van der Waals surface area (Å²) in [6.07, 6.45) is 5.00. The van der Waals surface area contributed by atoms with Crippen LogP contribution in [0.5, 0.6) is 0 Å². The van der Waals surface area contributed by atoms with E-state index in [1.54, 1.807) is 18.5 Å². The first-order chi connectivity index (χ1) is 14.7. The van der Waals surface area contributed by atoms with E-state index in [-0.39, 0.29) is 18.7 Å². The number of carbonyl (C=O) groups is 2. The molecule has 150 valence electrons.